The Morgan fingerprint density at radius 3 is 2.84 bits per heavy atom. The largest absolute Gasteiger partial charge is 0.370 e. The van der Waals surface area contributed by atoms with Crippen molar-refractivity contribution in [2.45, 2.75) is 45.1 Å². The third-order valence-electron chi connectivity index (χ3n) is 4.39. The van der Waals surface area contributed by atoms with Gasteiger partial charge in [0, 0.05) is 6.54 Å². The molecule has 3 rings (SSSR count). The Hall–Kier alpha value is -1.51. The van der Waals surface area contributed by atoms with Crippen LogP contribution in [-0.2, 0) is 19.4 Å². The average molecular weight is 257 g/mol. The Kier molecular flexibility index (Phi) is 3.72. The molecule has 0 saturated heterocycles. The Bertz CT molecular complexity index is 475. The van der Waals surface area contributed by atoms with Gasteiger partial charge in [-0.1, -0.05) is 24.6 Å². The van der Waals surface area contributed by atoms with Crippen molar-refractivity contribution in [2.75, 3.05) is 6.54 Å². The molecule has 0 amide bonds. The molecule has 1 saturated carbocycles. The minimum absolute atomic E-state index is 0.590. The van der Waals surface area contributed by atoms with E-state index < -0.39 is 0 Å². The van der Waals surface area contributed by atoms with Gasteiger partial charge in [0.2, 0.25) is 0 Å². The number of rotatable bonds is 4. The number of hydrogen-bond acceptors (Lipinski definition) is 1. The van der Waals surface area contributed by atoms with E-state index in [0.29, 0.717) is 12.5 Å². The van der Waals surface area contributed by atoms with Crippen LogP contribution in [0, 0.1) is 5.92 Å². The molecule has 1 aromatic carbocycles. The van der Waals surface area contributed by atoms with Gasteiger partial charge in [-0.2, -0.15) is 0 Å². The molecule has 1 fully saturated rings. The van der Waals surface area contributed by atoms with Gasteiger partial charge in [-0.15, -0.1) is 0 Å². The lowest BCUT2D eigenvalue weighted by molar-refractivity contribution is 0.315. The molecule has 3 N–H and O–H groups in total. The molecule has 2 aliphatic rings. The first-order valence-electron chi connectivity index (χ1n) is 7.46. The zero-order valence-electron chi connectivity index (χ0n) is 11.5. The van der Waals surface area contributed by atoms with Crippen molar-refractivity contribution in [3.63, 3.8) is 0 Å². The molecular formula is C16H23N3. The van der Waals surface area contributed by atoms with Crippen LogP contribution >= 0.6 is 0 Å². The molecular weight excluding hydrogens is 234 g/mol. The van der Waals surface area contributed by atoms with Gasteiger partial charge in [0.1, 0.15) is 0 Å². The standard InChI is InChI=1S/C16H23N3/c17-16(18-10-12-3-1-4-12)19-11-13-7-8-14-5-2-6-15(14)9-13/h7-9,12H,1-6,10-11H2,(H3,17,18,19). The van der Waals surface area contributed by atoms with Crippen LogP contribution in [0.5, 0.6) is 0 Å². The predicted octanol–water partition coefficient (Wildman–Crippen LogP) is 2.38. The van der Waals surface area contributed by atoms with Crippen LogP contribution < -0.4 is 11.1 Å². The van der Waals surface area contributed by atoms with Crippen LogP contribution in [0.15, 0.2) is 23.2 Å². The first-order valence-corrected chi connectivity index (χ1v) is 7.46. The molecule has 0 aliphatic heterocycles. The summed E-state index contributed by atoms with van der Waals surface area (Å²) in [4.78, 5) is 4.43. The summed E-state index contributed by atoms with van der Waals surface area (Å²) in [6.45, 7) is 1.68. The summed E-state index contributed by atoms with van der Waals surface area (Å²) in [5.74, 6) is 1.40. The summed E-state index contributed by atoms with van der Waals surface area (Å²) >= 11 is 0. The molecule has 102 valence electrons. The monoisotopic (exact) mass is 257 g/mol. The van der Waals surface area contributed by atoms with Crippen molar-refractivity contribution in [1.82, 2.24) is 5.32 Å². The lowest BCUT2D eigenvalue weighted by atomic mass is 9.85. The van der Waals surface area contributed by atoms with E-state index in [-0.39, 0.29) is 0 Å². The van der Waals surface area contributed by atoms with Gasteiger partial charge in [0.15, 0.2) is 5.96 Å². The van der Waals surface area contributed by atoms with E-state index >= 15 is 0 Å². The van der Waals surface area contributed by atoms with Crippen molar-refractivity contribution in [1.29, 1.82) is 0 Å². The number of guanidine groups is 1. The molecule has 0 radical (unpaired) electrons. The van der Waals surface area contributed by atoms with Gasteiger partial charge in [-0.3, -0.25) is 0 Å². The van der Waals surface area contributed by atoms with Crippen LogP contribution in [0.3, 0.4) is 0 Å². The maximum atomic E-state index is 5.90. The summed E-state index contributed by atoms with van der Waals surface area (Å²) in [5.41, 5.74) is 10.2. The van der Waals surface area contributed by atoms with Gasteiger partial charge in [-0.25, -0.2) is 4.99 Å². The fraction of sp³-hybridized carbons (Fsp3) is 0.562. The molecule has 1 aromatic rings. The van der Waals surface area contributed by atoms with E-state index in [0.717, 1.165) is 12.5 Å². The summed E-state index contributed by atoms with van der Waals surface area (Å²) in [5, 5.41) is 3.23. The van der Waals surface area contributed by atoms with E-state index in [4.69, 9.17) is 5.73 Å². The minimum atomic E-state index is 0.590. The van der Waals surface area contributed by atoms with Crippen LogP contribution in [0.1, 0.15) is 42.4 Å². The predicted molar refractivity (Wildman–Crippen MR) is 79.1 cm³/mol. The first kappa shape index (κ1) is 12.5. The van der Waals surface area contributed by atoms with Gasteiger partial charge >= 0.3 is 0 Å². The second kappa shape index (κ2) is 5.64. The highest BCUT2D eigenvalue weighted by Crippen LogP contribution is 2.25. The van der Waals surface area contributed by atoms with Crippen molar-refractivity contribution in [3.8, 4) is 0 Å². The van der Waals surface area contributed by atoms with Crippen LogP contribution in [0.25, 0.3) is 0 Å². The molecule has 0 heterocycles. The first-order chi connectivity index (χ1) is 9.31. The zero-order chi connectivity index (χ0) is 13.1. The number of nitrogens with zero attached hydrogens (tertiary/aromatic N) is 1. The molecule has 0 bridgehead atoms. The van der Waals surface area contributed by atoms with Gasteiger partial charge < -0.3 is 11.1 Å². The zero-order valence-corrected chi connectivity index (χ0v) is 11.5. The number of hydrogen-bond donors (Lipinski definition) is 2. The van der Waals surface area contributed by atoms with E-state index in [1.54, 1.807) is 0 Å². The Labute approximate surface area is 115 Å². The molecule has 3 heteroatoms. The average Bonchev–Trinajstić information content (AvgIpc) is 2.81. The summed E-state index contributed by atoms with van der Waals surface area (Å²) < 4.78 is 0. The van der Waals surface area contributed by atoms with Gasteiger partial charge in [0.05, 0.1) is 6.54 Å². The van der Waals surface area contributed by atoms with Crippen molar-refractivity contribution in [3.05, 3.63) is 34.9 Å². The molecule has 0 atom stereocenters. The van der Waals surface area contributed by atoms with Gasteiger partial charge in [0.25, 0.3) is 0 Å². The SMILES string of the molecule is NC(=NCc1ccc2c(c1)CCC2)NCC1CCC1. The highest BCUT2D eigenvalue weighted by molar-refractivity contribution is 5.77. The Balaban J connectivity index is 1.52. The summed E-state index contributed by atoms with van der Waals surface area (Å²) in [7, 11) is 0. The second-order valence-electron chi connectivity index (χ2n) is 5.84. The highest BCUT2D eigenvalue weighted by Gasteiger charge is 2.16. The summed E-state index contributed by atoms with van der Waals surface area (Å²) in [6, 6.07) is 6.74. The quantitative estimate of drug-likeness (QED) is 0.642. The lowest BCUT2D eigenvalue weighted by Gasteiger charge is -2.25. The second-order valence-corrected chi connectivity index (χ2v) is 5.84. The van der Waals surface area contributed by atoms with Crippen molar-refractivity contribution in [2.24, 2.45) is 16.6 Å². The topological polar surface area (TPSA) is 50.4 Å². The van der Waals surface area contributed by atoms with Crippen LogP contribution in [0.2, 0.25) is 0 Å². The van der Waals surface area contributed by atoms with E-state index in [1.807, 2.05) is 0 Å². The minimum Gasteiger partial charge on any atom is -0.370 e. The van der Waals surface area contributed by atoms with E-state index in [2.05, 4.69) is 28.5 Å². The van der Waals surface area contributed by atoms with Crippen LogP contribution in [-0.4, -0.2) is 12.5 Å². The normalized spacial score (nSPS) is 19.1. The molecule has 0 spiro atoms. The van der Waals surface area contributed by atoms with E-state index in [1.165, 1.54) is 55.2 Å². The smallest absolute Gasteiger partial charge is 0.188 e. The summed E-state index contributed by atoms with van der Waals surface area (Å²) in [6.07, 6.45) is 7.81. The number of nitrogens with two attached hydrogens (primary N) is 1. The molecule has 19 heavy (non-hydrogen) atoms. The van der Waals surface area contributed by atoms with Crippen molar-refractivity contribution < 1.29 is 0 Å². The maximum absolute atomic E-state index is 5.90. The Morgan fingerprint density at radius 2 is 2.05 bits per heavy atom. The number of aryl methyl sites for hydroxylation is 2. The fourth-order valence-corrected chi connectivity index (χ4v) is 2.90. The van der Waals surface area contributed by atoms with E-state index in [9.17, 15) is 0 Å². The number of fused-ring (bicyclic) bond motifs is 1. The van der Waals surface area contributed by atoms with Crippen molar-refractivity contribution >= 4 is 5.96 Å². The molecule has 2 aliphatic carbocycles. The number of nitrogens with one attached hydrogen (secondary N) is 1. The molecule has 0 aromatic heterocycles. The third-order valence-corrected chi connectivity index (χ3v) is 4.39. The highest BCUT2D eigenvalue weighted by atomic mass is 15.1. The maximum Gasteiger partial charge on any atom is 0.188 e. The molecule has 0 unspecified atom stereocenters. The van der Waals surface area contributed by atoms with Gasteiger partial charge in [-0.05, 0) is 54.7 Å². The lowest BCUT2D eigenvalue weighted by Crippen LogP contribution is -2.37. The molecule has 3 nitrogen and oxygen atoms in total. The van der Waals surface area contributed by atoms with Crippen LogP contribution in [0.4, 0.5) is 0 Å². The number of benzene rings is 1. The number of aliphatic imine (C=N–C) groups is 1. The Morgan fingerprint density at radius 1 is 1.21 bits per heavy atom. The third kappa shape index (κ3) is 3.09. The fourth-order valence-electron chi connectivity index (χ4n) is 2.90.